The largest absolute Gasteiger partial charge is 0.462 e. The van der Waals surface area contributed by atoms with E-state index in [4.69, 9.17) is 4.74 Å². The van der Waals surface area contributed by atoms with Gasteiger partial charge in [0.15, 0.2) is 0 Å². The molecule has 0 aliphatic carbocycles. The van der Waals surface area contributed by atoms with Crippen LogP contribution >= 0.6 is 22.7 Å². The minimum absolute atomic E-state index is 0.301. The van der Waals surface area contributed by atoms with E-state index in [0.717, 1.165) is 31.5 Å². The number of carbonyl (C=O) groups excluding carboxylic acids is 1. The molecule has 0 radical (unpaired) electrons. The smallest absolute Gasteiger partial charge is 0.341 e. The molecule has 126 valence electrons. The molecule has 3 rings (SSSR count). The maximum atomic E-state index is 12.3. The van der Waals surface area contributed by atoms with Crippen molar-refractivity contribution in [3.05, 3.63) is 32.8 Å². The molecule has 0 fully saturated rings. The van der Waals surface area contributed by atoms with Crippen molar-refractivity contribution in [2.75, 3.05) is 11.9 Å². The molecular weight excluding hydrogens is 342 g/mol. The normalized spacial score (nSPS) is 11.0. The highest BCUT2D eigenvalue weighted by molar-refractivity contribution is 7.19. The van der Waals surface area contributed by atoms with Gasteiger partial charge in [0.2, 0.25) is 0 Å². The first-order valence-corrected chi connectivity index (χ1v) is 9.32. The average molecular weight is 361 g/mol. The van der Waals surface area contributed by atoms with Crippen molar-refractivity contribution in [2.45, 2.75) is 34.6 Å². The predicted molar refractivity (Wildman–Crippen MR) is 99.9 cm³/mol. The summed E-state index contributed by atoms with van der Waals surface area (Å²) in [5, 5.41) is 5.13. The third-order valence-corrected chi connectivity index (χ3v) is 6.30. The first-order chi connectivity index (χ1) is 11.4. The summed E-state index contributed by atoms with van der Waals surface area (Å²) in [7, 11) is 0. The van der Waals surface area contributed by atoms with E-state index in [2.05, 4.69) is 29.1 Å². The molecule has 0 spiro atoms. The van der Waals surface area contributed by atoms with Crippen LogP contribution in [0, 0.1) is 27.7 Å². The van der Waals surface area contributed by atoms with Crippen LogP contribution < -0.4 is 5.32 Å². The molecule has 0 saturated carbocycles. The monoisotopic (exact) mass is 361 g/mol. The van der Waals surface area contributed by atoms with Gasteiger partial charge in [-0.05, 0) is 45.7 Å². The standard InChI is InChI=1S/C17H19N3O2S2/c1-6-22-17(21)13-9(3)11(5)24-16(13)20-14-12-8(2)10(4)23-15(12)19-7-18-14/h7H,6H2,1-5H3,(H,18,19,20). The maximum absolute atomic E-state index is 12.3. The third kappa shape index (κ3) is 2.78. The molecule has 0 aromatic carbocycles. The van der Waals surface area contributed by atoms with E-state index in [1.807, 2.05) is 20.8 Å². The van der Waals surface area contributed by atoms with Crippen molar-refractivity contribution in [3.8, 4) is 0 Å². The Labute approximate surface area is 148 Å². The Balaban J connectivity index is 2.10. The van der Waals surface area contributed by atoms with Crippen molar-refractivity contribution >= 4 is 49.7 Å². The molecule has 0 aliphatic rings. The quantitative estimate of drug-likeness (QED) is 0.669. The number of aromatic nitrogens is 2. The fourth-order valence-corrected chi connectivity index (χ4v) is 4.59. The van der Waals surface area contributed by atoms with E-state index in [9.17, 15) is 4.79 Å². The van der Waals surface area contributed by atoms with E-state index in [1.165, 1.54) is 10.4 Å². The lowest BCUT2D eigenvalue weighted by Gasteiger charge is -2.08. The lowest BCUT2D eigenvalue weighted by Crippen LogP contribution is -2.08. The van der Waals surface area contributed by atoms with Gasteiger partial charge >= 0.3 is 5.97 Å². The zero-order valence-corrected chi connectivity index (χ0v) is 15.9. The van der Waals surface area contributed by atoms with Crippen LogP contribution in [0.25, 0.3) is 10.2 Å². The summed E-state index contributed by atoms with van der Waals surface area (Å²) in [6.45, 7) is 10.3. The van der Waals surface area contributed by atoms with Crippen molar-refractivity contribution in [1.82, 2.24) is 9.97 Å². The summed E-state index contributed by atoms with van der Waals surface area (Å²) in [6, 6.07) is 0. The summed E-state index contributed by atoms with van der Waals surface area (Å²) in [6.07, 6.45) is 1.55. The van der Waals surface area contributed by atoms with Gasteiger partial charge in [-0.3, -0.25) is 0 Å². The van der Waals surface area contributed by atoms with Crippen LogP contribution in [0.1, 0.15) is 38.2 Å². The molecule has 3 aromatic heterocycles. The molecule has 1 N–H and O–H groups in total. The van der Waals surface area contributed by atoms with Crippen molar-refractivity contribution in [2.24, 2.45) is 0 Å². The second kappa shape index (κ2) is 6.49. The number of rotatable bonds is 4. The number of fused-ring (bicyclic) bond motifs is 1. The van der Waals surface area contributed by atoms with Gasteiger partial charge in [0, 0.05) is 9.75 Å². The van der Waals surface area contributed by atoms with E-state index in [-0.39, 0.29) is 5.97 Å². The van der Waals surface area contributed by atoms with Crippen LogP contribution in [0.3, 0.4) is 0 Å². The molecule has 3 heterocycles. The Bertz CT molecular complexity index is 928. The van der Waals surface area contributed by atoms with E-state index in [1.54, 1.807) is 29.0 Å². The van der Waals surface area contributed by atoms with E-state index in [0.29, 0.717) is 12.2 Å². The fraction of sp³-hybridized carbons (Fsp3) is 0.353. The van der Waals surface area contributed by atoms with Gasteiger partial charge in [-0.1, -0.05) is 0 Å². The molecule has 24 heavy (non-hydrogen) atoms. The average Bonchev–Trinajstić information content (AvgIpc) is 2.97. The number of esters is 1. The van der Waals surface area contributed by atoms with Gasteiger partial charge in [-0.2, -0.15) is 0 Å². The van der Waals surface area contributed by atoms with Crippen molar-refractivity contribution in [1.29, 1.82) is 0 Å². The highest BCUT2D eigenvalue weighted by atomic mass is 32.1. The summed E-state index contributed by atoms with van der Waals surface area (Å²) in [5.41, 5.74) is 2.71. The Hall–Kier alpha value is -1.99. The Morgan fingerprint density at radius 2 is 1.83 bits per heavy atom. The number of carbonyl (C=O) groups is 1. The molecular formula is C17H19N3O2S2. The fourth-order valence-electron chi connectivity index (χ4n) is 2.55. The molecule has 0 bridgehead atoms. The van der Waals surface area contributed by atoms with Gasteiger partial charge in [0.25, 0.3) is 0 Å². The molecule has 0 atom stereocenters. The number of hydrogen-bond donors (Lipinski definition) is 1. The molecule has 3 aromatic rings. The SMILES string of the molecule is CCOC(=O)c1c(Nc2ncnc3sc(C)c(C)c23)sc(C)c1C. The Kier molecular flexibility index (Phi) is 4.56. The Morgan fingerprint density at radius 1 is 1.12 bits per heavy atom. The first-order valence-electron chi connectivity index (χ1n) is 7.68. The van der Waals surface area contributed by atoms with Gasteiger partial charge in [-0.25, -0.2) is 14.8 Å². The number of aryl methyl sites for hydroxylation is 3. The maximum Gasteiger partial charge on any atom is 0.341 e. The Morgan fingerprint density at radius 3 is 2.54 bits per heavy atom. The molecule has 0 amide bonds. The van der Waals surface area contributed by atoms with Crippen LogP contribution in [0.5, 0.6) is 0 Å². The summed E-state index contributed by atoms with van der Waals surface area (Å²) >= 11 is 3.19. The number of thiophene rings is 2. The van der Waals surface area contributed by atoms with Crippen LogP contribution in [0.15, 0.2) is 6.33 Å². The number of ether oxygens (including phenoxy) is 1. The molecule has 0 unspecified atom stereocenters. The van der Waals surface area contributed by atoms with Crippen LogP contribution in [-0.2, 0) is 4.74 Å². The third-order valence-electron chi connectivity index (χ3n) is 4.06. The lowest BCUT2D eigenvalue weighted by molar-refractivity contribution is 0.0527. The minimum atomic E-state index is -0.301. The predicted octanol–water partition coefficient (Wildman–Crippen LogP) is 4.91. The minimum Gasteiger partial charge on any atom is -0.462 e. The van der Waals surface area contributed by atoms with Gasteiger partial charge < -0.3 is 10.1 Å². The van der Waals surface area contributed by atoms with Gasteiger partial charge in [-0.15, -0.1) is 22.7 Å². The van der Waals surface area contributed by atoms with Crippen molar-refractivity contribution in [3.63, 3.8) is 0 Å². The number of hydrogen-bond acceptors (Lipinski definition) is 7. The summed E-state index contributed by atoms with van der Waals surface area (Å²) in [5.74, 6) is 0.430. The number of anilines is 2. The highest BCUT2D eigenvalue weighted by Crippen LogP contribution is 2.38. The number of nitrogens with one attached hydrogen (secondary N) is 1. The van der Waals surface area contributed by atoms with Crippen molar-refractivity contribution < 1.29 is 9.53 Å². The molecule has 7 heteroatoms. The number of nitrogens with zero attached hydrogens (tertiary/aromatic N) is 2. The summed E-state index contributed by atoms with van der Waals surface area (Å²) in [4.78, 5) is 24.3. The zero-order valence-electron chi connectivity index (χ0n) is 14.3. The van der Waals surface area contributed by atoms with E-state index >= 15 is 0 Å². The molecule has 0 aliphatic heterocycles. The topological polar surface area (TPSA) is 64.1 Å². The lowest BCUT2D eigenvalue weighted by atomic mass is 10.1. The molecule has 5 nitrogen and oxygen atoms in total. The molecule has 0 saturated heterocycles. The van der Waals surface area contributed by atoms with Gasteiger partial charge in [0.1, 0.15) is 22.0 Å². The second-order valence-corrected chi connectivity index (χ2v) is 7.95. The van der Waals surface area contributed by atoms with Crippen LogP contribution in [0.2, 0.25) is 0 Å². The van der Waals surface area contributed by atoms with Crippen LogP contribution in [0.4, 0.5) is 10.8 Å². The first kappa shape index (κ1) is 16.9. The van der Waals surface area contributed by atoms with Crippen LogP contribution in [-0.4, -0.2) is 22.5 Å². The highest BCUT2D eigenvalue weighted by Gasteiger charge is 2.22. The second-order valence-electron chi connectivity index (χ2n) is 5.52. The summed E-state index contributed by atoms with van der Waals surface area (Å²) < 4.78 is 5.21. The van der Waals surface area contributed by atoms with Gasteiger partial charge in [0.05, 0.1) is 17.6 Å². The van der Waals surface area contributed by atoms with E-state index < -0.39 is 0 Å². The zero-order chi connectivity index (χ0) is 17.4.